The van der Waals surface area contributed by atoms with Crippen molar-refractivity contribution in [1.29, 1.82) is 0 Å². The maximum Gasteiger partial charge on any atom is 0.331 e. The first-order valence-corrected chi connectivity index (χ1v) is 9.24. The Morgan fingerprint density at radius 3 is 2.27 bits per heavy atom. The molecule has 0 bridgehead atoms. The van der Waals surface area contributed by atoms with Crippen LogP contribution in [0.5, 0.6) is 0 Å². The second-order valence-corrected chi connectivity index (χ2v) is 8.39. The number of amides is 1. The van der Waals surface area contributed by atoms with Crippen LogP contribution in [0.3, 0.4) is 0 Å². The van der Waals surface area contributed by atoms with Gasteiger partial charge in [0, 0.05) is 34.3 Å². The second kappa shape index (κ2) is 8.81. The standard InChI is InChI=1S/C17H25N3O5S/c1-12(2)9-17(22)25-11-16(21)18-14-10-13(26(23,24)20(5)6)7-8-15(14)19(3)4/h7-10H,11H2,1-6H3,(H,18,21). The zero-order chi connectivity index (χ0) is 20.1. The second-order valence-electron chi connectivity index (χ2n) is 6.24. The number of ether oxygens (including phenoxy) is 1. The molecule has 9 heteroatoms. The van der Waals surface area contributed by atoms with Crippen molar-refractivity contribution < 1.29 is 22.7 Å². The summed E-state index contributed by atoms with van der Waals surface area (Å²) in [5, 5.41) is 2.59. The zero-order valence-electron chi connectivity index (χ0n) is 15.9. The number of esters is 1. The van der Waals surface area contributed by atoms with Crippen LogP contribution in [0.15, 0.2) is 34.7 Å². The lowest BCUT2D eigenvalue weighted by Crippen LogP contribution is -2.24. The highest BCUT2D eigenvalue weighted by molar-refractivity contribution is 7.89. The molecule has 26 heavy (non-hydrogen) atoms. The number of benzene rings is 1. The van der Waals surface area contributed by atoms with Gasteiger partial charge in [-0.3, -0.25) is 4.79 Å². The Labute approximate surface area is 154 Å². The van der Waals surface area contributed by atoms with Crippen molar-refractivity contribution in [3.8, 4) is 0 Å². The lowest BCUT2D eigenvalue weighted by Gasteiger charge is -2.20. The van der Waals surface area contributed by atoms with Gasteiger partial charge < -0.3 is 15.0 Å². The monoisotopic (exact) mass is 383 g/mol. The number of allylic oxidation sites excluding steroid dienone is 1. The van der Waals surface area contributed by atoms with E-state index < -0.39 is 28.5 Å². The van der Waals surface area contributed by atoms with Crippen molar-refractivity contribution in [2.45, 2.75) is 18.7 Å². The number of carbonyl (C=O) groups is 2. The van der Waals surface area contributed by atoms with E-state index >= 15 is 0 Å². The van der Waals surface area contributed by atoms with Crippen LogP contribution < -0.4 is 10.2 Å². The Morgan fingerprint density at radius 1 is 1.15 bits per heavy atom. The maximum atomic E-state index is 12.3. The summed E-state index contributed by atoms with van der Waals surface area (Å²) in [5.74, 6) is -1.18. The van der Waals surface area contributed by atoms with Gasteiger partial charge in [-0.1, -0.05) is 5.57 Å². The molecule has 0 aromatic heterocycles. The minimum absolute atomic E-state index is 0.0462. The van der Waals surface area contributed by atoms with Crippen LogP contribution in [0.4, 0.5) is 11.4 Å². The molecule has 0 saturated carbocycles. The fourth-order valence-corrected chi connectivity index (χ4v) is 2.91. The van der Waals surface area contributed by atoms with Crippen molar-refractivity contribution in [3.05, 3.63) is 29.8 Å². The van der Waals surface area contributed by atoms with Crippen LogP contribution in [0.1, 0.15) is 13.8 Å². The van der Waals surface area contributed by atoms with Gasteiger partial charge in [0.2, 0.25) is 10.0 Å². The number of carbonyl (C=O) groups excluding carboxylic acids is 2. The average molecular weight is 383 g/mol. The zero-order valence-corrected chi connectivity index (χ0v) is 16.7. The minimum atomic E-state index is -3.65. The van der Waals surface area contributed by atoms with Gasteiger partial charge in [-0.15, -0.1) is 0 Å². The fourth-order valence-electron chi connectivity index (χ4n) is 1.98. The molecule has 0 unspecified atom stereocenters. The first-order chi connectivity index (χ1) is 11.9. The topological polar surface area (TPSA) is 96.0 Å². The molecule has 0 heterocycles. The smallest absolute Gasteiger partial charge is 0.331 e. The molecule has 1 rings (SSSR count). The third-order valence-corrected chi connectivity index (χ3v) is 5.07. The summed E-state index contributed by atoms with van der Waals surface area (Å²) in [6.07, 6.45) is 1.28. The number of sulfonamides is 1. The van der Waals surface area contributed by atoms with E-state index in [0.717, 1.165) is 9.88 Å². The van der Waals surface area contributed by atoms with Crippen molar-refractivity contribution in [2.75, 3.05) is 45.0 Å². The van der Waals surface area contributed by atoms with E-state index in [0.29, 0.717) is 11.4 Å². The largest absolute Gasteiger partial charge is 0.452 e. The van der Waals surface area contributed by atoms with Crippen molar-refractivity contribution in [1.82, 2.24) is 4.31 Å². The van der Waals surface area contributed by atoms with Gasteiger partial charge >= 0.3 is 5.97 Å². The van der Waals surface area contributed by atoms with Gasteiger partial charge in [-0.2, -0.15) is 0 Å². The van der Waals surface area contributed by atoms with E-state index in [1.54, 1.807) is 38.9 Å². The maximum absolute atomic E-state index is 12.3. The number of hydrogen-bond donors (Lipinski definition) is 1. The first-order valence-electron chi connectivity index (χ1n) is 7.80. The molecule has 0 spiro atoms. The van der Waals surface area contributed by atoms with Gasteiger partial charge in [0.15, 0.2) is 6.61 Å². The molecule has 144 valence electrons. The molecule has 0 atom stereocenters. The Hall–Kier alpha value is -2.39. The Morgan fingerprint density at radius 2 is 1.77 bits per heavy atom. The lowest BCUT2D eigenvalue weighted by molar-refractivity contribution is -0.142. The number of anilines is 2. The summed E-state index contributed by atoms with van der Waals surface area (Å²) in [4.78, 5) is 25.3. The van der Waals surface area contributed by atoms with Crippen LogP contribution in [-0.2, 0) is 24.3 Å². The van der Waals surface area contributed by atoms with Crippen molar-refractivity contribution in [3.63, 3.8) is 0 Å². The highest BCUT2D eigenvalue weighted by Gasteiger charge is 2.20. The molecular formula is C17H25N3O5S. The number of hydrogen-bond acceptors (Lipinski definition) is 6. The number of rotatable bonds is 7. The molecule has 0 radical (unpaired) electrons. The van der Waals surface area contributed by atoms with E-state index in [2.05, 4.69) is 5.32 Å². The Bertz CT molecular complexity index is 810. The van der Waals surface area contributed by atoms with Gasteiger partial charge in [-0.25, -0.2) is 17.5 Å². The van der Waals surface area contributed by atoms with Gasteiger partial charge in [0.1, 0.15) is 0 Å². The molecule has 0 saturated heterocycles. The molecule has 1 aromatic carbocycles. The summed E-state index contributed by atoms with van der Waals surface area (Å²) >= 11 is 0. The van der Waals surface area contributed by atoms with Gasteiger partial charge in [-0.05, 0) is 32.0 Å². The molecule has 1 amide bonds. The number of nitrogens with zero attached hydrogens (tertiary/aromatic N) is 2. The van der Waals surface area contributed by atoms with Crippen LogP contribution in [-0.4, -0.2) is 59.4 Å². The average Bonchev–Trinajstić information content (AvgIpc) is 2.51. The fraction of sp³-hybridized carbons (Fsp3) is 0.412. The molecule has 0 aliphatic heterocycles. The Kier molecular flexibility index (Phi) is 7.34. The SMILES string of the molecule is CC(C)=CC(=O)OCC(=O)Nc1cc(S(=O)(=O)N(C)C)ccc1N(C)C. The molecule has 0 fully saturated rings. The van der Waals surface area contributed by atoms with E-state index in [-0.39, 0.29) is 4.90 Å². The number of nitrogens with one attached hydrogen (secondary N) is 1. The highest BCUT2D eigenvalue weighted by atomic mass is 32.2. The summed E-state index contributed by atoms with van der Waals surface area (Å²) < 4.78 is 30.5. The summed E-state index contributed by atoms with van der Waals surface area (Å²) in [6.45, 7) is 3.00. The quantitative estimate of drug-likeness (QED) is 0.566. The van der Waals surface area contributed by atoms with Crippen LogP contribution in [0.25, 0.3) is 0 Å². The summed E-state index contributed by atoms with van der Waals surface area (Å²) in [7, 11) is 2.73. The van der Waals surface area contributed by atoms with Gasteiger partial charge in [0.05, 0.1) is 16.3 Å². The van der Waals surface area contributed by atoms with Crippen LogP contribution in [0, 0.1) is 0 Å². The lowest BCUT2D eigenvalue weighted by atomic mass is 10.2. The van der Waals surface area contributed by atoms with E-state index in [4.69, 9.17) is 4.74 Å². The van der Waals surface area contributed by atoms with E-state index in [9.17, 15) is 18.0 Å². The summed E-state index contributed by atoms with van der Waals surface area (Å²) in [5.41, 5.74) is 1.68. The van der Waals surface area contributed by atoms with Gasteiger partial charge in [0.25, 0.3) is 5.91 Å². The highest BCUT2D eigenvalue weighted by Crippen LogP contribution is 2.28. The normalized spacial score (nSPS) is 11.0. The predicted octanol–water partition coefficient (Wildman–Crippen LogP) is 1.45. The molecular weight excluding hydrogens is 358 g/mol. The molecule has 0 aliphatic rings. The summed E-state index contributed by atoms with van der Waals surface area (Å²) in [6, 6.07) is 4.44. The molecule has 1 aromatic rings. The van der Waals surface area contributed by atoms with Crippen LogP contribution >= 0.6 is 0 Å². The molecule has 1 N–H and O–H groups in total. The van der Waals surface area contributed by atoms with Crippen molar-refractivity contribution in [2.24, 2.45) is 0 Å². The predicted molar refractivity (Wildman–Crippen MR) is 101 cm³/mol. The van der Waals surface area contributed by atoms with E-state index in [1.807, 2.05) is 0 Å². The molecule has 0 aliphatic carbocycles. The third-order valence-electron chi connectivity index (χ3n) is 3.25. The van der Waals surface area contributed by atoms with Crippen molar-refractivity contribution >= 4 is 33.3 Å². The minimum Gasteiger partial charge on any atom is -0.452 e. The Balaban J connectivity index is 3.04. The molecule has 8 nitrogen and oxygen atoms in total. The first kappa shape index (κ1) is 21.7. The third kappa shape index (κ3) is 5.85. The van der Waals surface area contributed by atoms with E-state index in [1.165, 1.54) is 32.3 Å². The van der Waals surface area contributed by atoms with Crippen LogP contribution in [0.2, 0.25) is 0 Å².